The highest BCUT2D eigenvalue weighted by molar-refractivity contribution is 7.13. The standard InChI is InChI=1S/C21H21ClN4O3S/c1-13-17(14(2)29-24-13)11-19(27)25-7-9-26(10-8-25)21(28)18-12-30-20(23-18)15-3-5-16(22)6-4-15/h3-6,12H,7-11H2,1-2H3. The van der Waals surface area contributed by atoms with E-state index in [0.29, 0.717) is 42.7 Å². The van der Waals surface area contributed by atoms with Gasteiger partial charge in [0.1, 0.15) is 16.5 Å². The van der Waals surface area contributed by atoms with Gasteiger partial charge >= 0.3 is 0 Å². The van der Waals surface area contributed by atoms with Crippen LogP contribution in [0.1, 0.15) is 27.5 Å². The molecule has 1 aliphatic rings. The van der Waals surface area contributed by atoms with E-state index in [0.717, 1.165) is 21.8 Å². The first-order valence-electron chi connectivity index (χ1n) is 9.62. The Morgan fingerprint density at radius 3 is 2.40 bits per heavy atom. The lowest BCUT2D eigenvalue weighted by atomic mass is 10.1. The van der Waals surface area contributed by atoms with Crippen LogP contribution in [0.2, 0.25) is 5.02 Å². The molecule has 0 bridgehead atoms. The summed E-state index contributed by atoms with van der Waals surface area (Å²) in [5.41, 5.74) is 2.95. The molecule has 0 atom stereocenters. The Bertz CT molecular complexity index is 1050. The van der Waals surface area contributed by atoms with Gasteiger partial charge in [-0.25, -0.2) is 4.98 Å². The number of carbonyl (C=O) groups is 2. The molecule has 3 heterocycles. The third-order valence-corrected chi connectivity index (χ3v) is 6.39. The van der Waals surface area contributed by atoms with Gasteiger partial charge in [0.15, 0.2) is 0 Å². The summed E-state index contributed by atoms with van der Waals surface area (Å²) in [6, 6.07) is 7.38. The molecule has 9 heteroatoms. The first-order valence-corrected chi connectivity index (χ1v) is 10.9. The van der Waals surface area contributed by atoms with E-state index in [1.54, 1.807) is 27.3 Å². The fourth-order valence-corrected chi connectivity index (χ4v) is 4.36. The smallest absolute Gasteiger partial charge is 0.273 e. The molecule has 156 valence electrons. The molecule has 1 saturated heterocycles. The van der Waals surface area contributed by atoms with Crippen LogP contribution in [0, 0.1) is 13.8 Å². The van der Waals surface area contributed by atoms with Crippen molar-refractivity contribution in [3.8, 4) is 10.6 Å². The van der Waals surface area contributed by atoms with Gasteiger partial charge in [-0.3, -0.25) is 9.59 Å². The third kappa shape index (κ3) is 4.24. The Kier molecular flexibility index (Phi) is 5.87. The van der Waals surface area contributed by atoms with Gasteiger partial charge in [0.2, 0.25) is 5.91 Å². The molecule has 3 aromatic rings. The van der Waals surface area contributed by atoms with Crippen molar-refractivity contribution in [2.45, 2.75) is 20.3 Å². The summed E-state index contributed by atoms with van der Waals surface area (Å²) in [6.07, 6.45) is 0.269. The second-order valence-electron chi connectivity index (χ2n) is 7.20. The molecule has 7 nitrogen and oxygen atoms in total. The van der Waals surface area contributed by atoms with Crippen molar-refractivity contribution in [1.29, 1.82) is 0 Å². The Balaban J connectivity index is 1.35. The van der Waals surface area contributed by atoms with Gasteiger partial charge in [-0.05, 0) is 26.0 Å². The average Bonchev–Trinajstić information content (AvgIpc) is 3.36. The number of rotatable bonds is 4. The highest BCUT2D eigenvalue weighted by atomic mass is 35.5. The summed E-state index contributed by atoms with van der Waals surface area (Å²) < 4.78 is 5.13. The van der Waals surface area contributed by atoms with Gasteiger partial charge in [0.25, 0.3) is 5.91 Å². The Hall–Kier alpha value is -2.71. The molecule has 0 saturated carbocycles. The summed E-state index contributed by atoms with van der Waals surface area (Å²) in [5, 5.41) is 7.12. The van der Waals surface area contributed by atoms with E-state index < -0.39 is 0 Å². The average molecular weight is 445 g/mol. The van der Waals surface area contributed by atoms with Crippen molar-refractivity contribution >= 4 is 34.8 Å². The highest BCUT2D eigenvalue weighted by Gasteiger charge is 2.27. The number of halogens is 1. The lowest BCUT2D eigenvalue weighted by molar-refractivity contribution is -0.131. The highest BCUT2D eigenvalue weighted by Crippen LogP contribution is 2.26. The maximum absolute atomic E-state index is 12.8. The van der Waals surface area contributed by atoms with E-state index in [-0.39, 0.29) is 18.2 Å². The van der Waals surface area contributed by atoms with Gasteiger partial charge in [0.05, 0.1) is 12.1 Å². The number of carbonyl (C=O) groups excluding carboxylic acids is 2. The number of piperazine rings is 1. The molecule has 2 amide bonds. The Morgan fingerprint density at radius 2 is 1.77 bits per heavy atom. The van der Waals surface area contributed by atoms with Crippen LogP contribution >= 0.6 is 22.9 Å². The molecule has 1 aromatic carbocycles. The van der Waals surface area contributed by atoms with E-state index >= 15 is 0 Å². The summed E-state index contributed by atoms with van der Waals surface area (Å²) in [6.45, 7) is 5.62. The van der Waals surface area contributed by atoms with Gasteiger partial charge in [0, 0.05) is 47.7 Å². The first-order chi connectivity index (χ1) is 14.4. The minimum atomic E-state index is -0.107. The van der Waals surface area contributed by atoms with Crippen molar-refractivity contribution in [3.05, 3.63) is 57.4 Å². The maximum Gasteiger partial charge on any atom is 0.273 e. The van der Waals surface area contributed by atoms with Crippen LogP contribution in [0.15, 0.2) is 34.2 Å². The van der Waals surface area contributed by atoms with E-state index in [2.05, 4.69) is 10.1 Å². The van der Waals surface area contributed by atoms with Gasteiger partial charge in [-0.2, -0.15) is 0 Å². The van der Waals surface area contributed by atoms with Crippen LogP contribution in [0.25, 0.3) is 10.6 Å². The number of thiazole rings is 1. The summed E-state index contributed by atoms with van der Waals surface area (Å²) in [4.78, 5) is 33.5. The number of amides is 2. The largest absolute Gasteiger partial charge is 0.361 e. The summed E-state index contributed by atoms with van der Waals surface area (Å²) >= 11 is 7.36. The summed E-state index contributed by atoms with van der Waals surface area (Å²) in [7, 11) is 0. The summed E-state index contributed by atoms with van der Waals surface area (Å²) in [5.74, 6) is 0.592. The lowest BCUT2D eigenvalue weighted by Gasteiger charge is -2.34. The van der Waals surface area contributed by atoms with Crippen LogP contribution in [0.3, 0.4) is 0 Å². The number of hydrogen-bond acceptors (Lipinski definition) is 6. The monoisotopic (exact) mass is 444 g/mol. The molecule has 4 rings (SSSR count). The van der Waals surface area contributed by atoms with Crippen molar-refractivity contribution in [3.63, 3.8) is 0 Å². The molecular formula is C21H21ClN4O3S. The quantitative estimate of drug-likeness (QED) is 0.614. The maximum atomic E-state index is 12.8. The minimum Gasteiger partial charge on any atom is -0.361 e. The normalized spacial score (nSPS) is 14.2. The zero-order chi connectivity index (χ0) is 21.3. The number of hydrogen-bond donors (Lipinski definition) is 0. The van der Waals surface area contributed by atoms with Crippen LogP contribution in [-0.2, 0) is 11.2 Å². The number of benzene rings is 1. The molecule has 0 unspecified atom stereocenters. The van der Waals surface area contributed by atoms with Crippen molar-refractivity contribution < 1.29 is 14.1 Å². The first kappa shape index (κ1) is 20.6. The van der Waals surface area contributed by atoms with Crippen LogP contribution in [0.4, 0.5) is 0 Å². The van der Waals surface area contributed by atoms with Gasteiger partial charge < -0.3 is 14.3 Å². The van der Waals surface area contributed by atoms with Gasteiger partial charge in [-0.15, -0.1) is 11.3 Å². The van der Waals surface area contributed by atoms with E-state index in [4.69, 9.17) is 16.1 Å². The molecule has 1 fully saturated rings. The molecule has 0 N–H and O–H groups in total. The van der Waals surface area contributed by atoms with Crippen LogP contribution in [-0.4, -0.2) is 57.9 Å². The predicted octanol–water partition coefficient (Wildman–Crippen LogP) is 3.60. The lowest BCUT2D eigenvalue weighted by Crippen LogP contribution is -2.51. The van der Waals surface area contributed by atoms with Crippen LogP contribution in [0.5, 0.6) is 0 Å². The van der Waals surface area contributed by atoms with Crippen molar-refractivity contribution in [2.75, 3.05) is 26.2 Å². The molecule has 1 aliphatic heterocycles. The molecule has 0 spiro atoms. The number of aromatic nitrogens is 2. The SMILES string of the molecule is Cc1noc(C)c1CC(=O)N1CCN(C(=O)c2csc(-c3ccc(Cl)cc3)n2)CC1. The van der Waals surface area contributed by atoms with E-state index in [1.165, 1.54) is 11.3 Å². The van der Waals surface area contributed by atoms with Crippen molar-refractivity contribution in [1.82, 2.24) is 19.9 Å². The topological polar surface area (TPSA) is 79.5 Å². The fraction of sp³-hybridized carbons (Fsp3) is 0.333. The van der Waals surface area contributed by atoms with E-state index in [9.17, 15) is 9.59 Å². The predicted molar refractivity (Wildman–Crippen MR) is 115 cm³/mol. The molecule has 30 heavy (non-hydrogen) atoms. The Morgan fingerprint density at radius 1 is 1.10 bits per heavy atom. The fourth-order valence-electron chi connectivity index (χ4n) is 3.44. The number of nitrogens with zero attached hydrogens (tertiary/aromatic N) is 4. The Labute approximate surface area is 183 Å². The molecular weight excluding hydrogens is 424 g/mol. The zero-order valence-electron chi connectivity index (χ0n) is 16.7. The number of aryl methyl sites for hydroxylation is 2. The minimum absolute atomic E-state index is 0.0233. The van der Waals surface area contributed by atoms with E-state index in [1.807, 2.05) is 26.0 Å². The molecule has 0 radical (unpaired) electrons. The van der Waals surface area contributed by atoms with Crippen molar-refractivity contribution in [2.24, 2.45) is 0 Å². The zero-order valence-corrected chi connectivity index (χ0v) is 18.3. The molecule has 2 aromatic heterocycles. The second kappa shape index (κ2) is 8.57. The van der Waals surface area contributed by atoms with Crippen LogP contribution < -0.4 is 0 Å². The van der Waals surface area contributed by atoms with Gasteiger partial charge in [-0.1, -0.05) is 28.9 Å². The third-order valence-electron chi connectivity index (χ3n) is 5.24. The second-order valence-corrected chi connectivity index (χ2v) is 8.49. The molecule has 0 aliphatic carbocycles.